The number of rotatable bonds is 4. The molecule has 3 aliphatic rings. The van der Waals surface area contributed by atoms with Crippen LogP contribution in [0.1, 0.15) is 41.4 Å². The molecule has 1 saturated heterocycles. The monoisotopic (exact) mass is 413 g/mol. The third-order valence-electron chi connectivity index (χ3n) is 6.32. The fraction of sp³-hybridized carbons (Fsp3) is 0.478. The Bertz CT molecular complexity index is 821. The minimum atomic E-state index is -0.194. The molecule has 2 aliphatic heterocycles. The number of thiophene rings is 2. The van der Waals surface area contributed by atoms with Gasteiger partial charge in [0, 0.05) is 41.1 Å². The van der Waals surface area contributed by atoms with Gasteiger partial charge < -0.3 is 9.47 Å². The van der Waals surface area contributed by atoms with Crippen molar-refractivity contribution in [2.75, 3.05) is 26.3 Å². The Kier molecular flexibility index (Phi) is 5.42. The van der Waals surface area contributed by atoms with Crippen molar-refractivity contribution in [1.82, 2.24) is 4.90 Å². The van der Waals surface area contributed by atoms with E-state index in [2.05, 4.69) is 58.2 Å². The smallest absolute Gasteiger partial charge is 0.167 e. The SMILES string of the molecule is C1=C(/C=C/c2cccs2)O[C@@]2(N3CCOCC3)CCCC[C@H]2[C@@H]1c1cccs1. The van der Waals surface area contributed by atoms with E-state index in [9.17, 15) is 0 Å². The number of fused-ring (bicyclic) bond motifs is 1. The molecule has 2 aromatic heterocycles. The predicted molar refractivity (Wildman–Crippen MR) is 117 cm³/mol. The van der Waals surface area contributed by atoms with Gasteiger partial charge in [-0.3, -0.25) is 4.90 Å². The zero-order valence-electron chi connectivity index (χ0n) is 16.1. The molecule has 5 heteroatoms. The average molecular weight is 414 g/mol. The molecule has 148 valence electrons. The van der Waals surface area contributed by atoms with Gasteiger partial charge in [0.15, 0.2) is 5.72 Å². The van der Waals surface area contributed by atoms with Gasteiger partial charge in [0.25, 0.3) is 0 Å². The molecule has 28 heavy (non-hydrogen) atoms. The van der Waals surface area contributed by atoms with Crippen molar-refractivity contribution in [1.29, 1.82) is 0 Å². The van der Waals surface area contributed by atoms with Crippen LogP contribution in [0.25, 0.3) is 6.08 Å². The first kappa shape index (κ1) is 18.6. The summed E-state index contributed by atoms with van der Waals surface area (Å²) < 4.78 is 12.6. The van der Waals surface area contributed by atoms with E-state index in [1.807, 2.05) is 11.3 Å². The van der Waals surface area contributed by atoms with E-state index in [4.69, 9.17) is 9.47 Å². The van der Waals surface area contributed by atoms with Crippen LogP contribution in [-0.2, 0) is 9.47 Å². The lowest BCUT2D eigenvalue weighted by molar-refractivity contribution is -0.209. The standard InChI is InChI=1S/C23H27NO2S2/c1-2-10-23(24-11-13-25-14-12-24)21(6-1)20(22-7-4-16-28-22)17-18(26-23)8-9-19-5-3-15-27-19/h3-5,7-9,15-17,20-21H,1-2,6,10-14H2/b9-8+/t20-,21+,23+/m1/s1. The van der Waals surface area contributed by atoms with Crippen molar-refractivity contribution in [2.24, 2.45) is 5.92 Å². The summed E-state index contributed by atoms with van der Waals surface area (Å²) in [7, 11) is 0. The zero-order valence-corrected chi connectivity index (χ0v) is 17.7. The fourth-order valence-corrected chi connectivity index (χ4v) is 6.55. The summed E-state index contributed by atoms with van der Waals surface area (Å²) in [6, 6.07) is 8.74. The van der Waals surface area contributed by atoms with Crippen LogP contribution in [0.3, 0.4) is 0 Å². The Morgan fingerprint density at radius 3 is 2.68 bits per heavy atom. The summed E-state index contributed by atoms with van der Waals surface area (Å²) in [6.45, 7) is 3.56. The number of nitrogens with zero attached hydrogens (tertiary/aromatic N) is 1. The Morgan fingerprint density at radius 1 is 1.04 bits per heavy atom. The molecule has 0 unspecified atom stereocenters. The van der Waals surface area contributed by atoms with Crippen LogP contribution in [0, 0.1) is 5.92 Å². The molecule has 0 radical (unpaired) electrons. The number of hydrogen-bond acceptors (Lipinski definition) is 5. The lowest BCUT2D eigenvalue weighted by Crippen LogP contribution is -2.62. The lowest BCUT2D eigenvalue weighted by atomic mass is 9.70. The third-order valence-corrected chi connectivity index (χ3v) is 8.14. The highest BCUT2D eigenvalue weighted by atomic mass is 32.1. The summed E-state index contributed by atoms with van der Waals surface area (Å²) in [5.74, 6) is 1.97. The van der Waals surface area contributed by atoms with Crippen molar-refractivity contribution in [2.45, 2.75) is 37.3 Å². The van der Waals surface area contributed by atoms with E-state index in [1.54, 1.807) is 11.3 Å². The molecule has 1 saturated carbocycles. The van der Waals surface area contributed by atoms with Gasteiger partial charge in [-0.2, -0.15) is 0 Å². The van der Waals surface area contributed by atoms with E-state index in [0.29, 0.717) is 11.8 Å². The quantitative estimate of drug-likeness (QED) is 0.638. The highest BCUT2D eigenvalue weighted by molar-refractivity contribution is 7.10. The van der Waals surface area contributed by atoms with Gasteiger partial charge in [0.1, 0.15) is 5.76 Å². The van der Waals surface area contributed by atoms with E-state index in [1.165, 1.54) is 29.0 Å². The highest BCUT2D eigenvalue weighted by Crippen LogP contribution is 2.52. The van der Waals surface area contributed by atoms with Gasteiger partial charge in [-0.15, -0.1) is 22.7 Å². The van der Waals surface area contributed by atoms with E-state index < -0.39 is 0 Å². The summed E-state index contributed by atoms with van der Waals surface area (Å²) in [5, 5.41) is 4.33. The van der Waals surface area contributed by atoms with Gasteiger partial charge in [-0.25, -0.2) is 0 Å². The van der Waals surface area contributed by atoms with Crippen molar-refractivity contribution in [3.05, 3.63) is 62.7 Å². The van der Waals surface area contributed by atoms with Gasteiger partial charge in [-0.1, -0.05) is 18.6 Å². The van der Waals surface area contributed by atoms with Crippen molar-refractivity contribution < 1.29 is 9.47 Å². The minimum Gasteiger partial charge on any atom is -0.473 e. The number of hydrogen-bond donors (Lipinski definition) is 0. The third kappa shape index (κ3) is 3.50. The maximum Gasteiger partial charge on any atom is 0.167 e. The van der Waals surface area contributed by atoms with Crippen molar-refractivity contribution >= 4 is 28.7 Å². The largest absolute Gasteiger partial charge is 0.473 e. The molecule has 0 N–H and O–H groups in total. The van der Waals surface area contributed by atoms with Crippen LogP contribution >= 0.6 is 22.7 Å². The van der Waals surface area contributed by atoms with Crippen LogP contribution in [0.15, 0.2) is 52.9 Å². The number of morpholine rings is 1. The van der Waals surface area contributed by atoms with Crippen LogP contribution in [0.2, 0.25) is 0 Å². The summed E-state index contributed by atoms with van der Waals surface area (Å²) in [6.07, 6.45) is 11.6. The van der Waals surface area contributed by atoms with Gasteiger partial charge in [-0.05, 0) is 54.0 Å². The molecule has 2 fully saturated rings. The molecule has 5 rings (SSSR count). The summed E-state index contributed by atoms with van der Waals surface area (Å²) in [5.41, 5.74) is -0.194. The Hall–Kier alpha value is -1.40. The molecule has 0 bridgehead atoms. The maximum atomic E-state index is 6.90. The normalized spacial score (nSPS) is 31.4. The highest BCUT2D eigenvalue weighted by Gasteiger charge is 2.53. The molecule has 0 amide bonds. The molecule has 4 heterocycles. The lowest BCUT2D eigenvalue weighted by Gasteiger charge is -2.55. The van der Waals surface area contributed by atoms with Crippen LogP contribution < -0.4 is 0 Å². The summed E-state index contributed by atoms with van der Waals surface area (Å²) in [4.78, 5) is 5.32. The topological polar surface area (TPSA) is 21.7 Å². The van der Waals surface area contributed by atoms with Crippen molar-refractivity contribution in [3.8, 4) is 0 Å². The molecular formula is C23H27NO2S2. The molecular weight excluding hydrogens is 386 g/mol. The zero-order chi connectivity index (χ0) is 18.8. The molecule has 3 atom stereocenters. The first-order valence-corrected chi connectivity index (χ1v) is 12.1. The van der Waals surface area contributed by atoms with Crippen LogP contribution in [0.5, 0.6) is 0 Å². The second-order valence-electron chi connectivity index (χ2n) is 7.86. The predicted octanol–water partition coefficient (Wildman–Crippen LogP) is 5.74. The average Bonchev–Trinajstić information content (AvgIpc) is 3.46. The second kappa shape index (κ2) is 8.15. The molecule has 0 aromatic carbocycles. The van der Waals surface area contributed by atoms with Crippen LogP contribution in [0.4, 0.5) is 0 Å². The number of ether oxygens (including phenoxy) is 2. The van der Waals surface area contributed by atoms with Crippen molar-refractivity contribution in [3.63, 3.8) is 0 Å². The fourth-order valence-electron chi connectivity index (χ4n) is 5.07. The van der Waals surface area contributed by atoms with E-state index in [0.717, 1.165) is 38.5 Å². The van der Waals surface area contributed by atoms with Gasteiger partial charge in [0.2, 0.25) is 0 Å². The first-order chi connectivity index (χ1) is 13.9. The van der Waals surface area contributed by atoms with E-state index in [-0.39, 0.29) is 5.72 Å². The van der Waals surface area contributed by atoms with Crippen LogP contribution in [-0.4, -0.2) is 36.9 Å². The Balaban J connectivity index is 1.54. The summed E-state index contributed by atoms with van der Waals surface area (Å²) >= 11 is 3.65. The molecule has 3 nitrogen and oxygen atoms in total. The van der Waals surface area contributed by atoms with Gasteiger partial charge in [0.05, 0.1) is 13.2 Å². The molecule has 1 aliphatic carbocycles. The van der Waals surface area contributed by atoms with E-state index >= 15 is 0 Å². The number of allylic oxidation sites excluding steroid dienone is 2. The Morgan fingerprint density at radius 2 is 1.89 bits per heavy atom. The molecule has 0 spiro atoms. The minimum absolute atomic E-state index is 0.194. The van der Waals surface area contributed by atoms with Gasteiger partial charge >= 0.3 is 0 Å². The second-order valence-corrected chi connectivity index (χ2v) is 9.82. The first-order valence-electron chi connectivity index (χ1n) is 10.3. The molecule has 2 aromatic rings. The Labute approximate surface area is 175 Å². The maximum absolute atomic E-state index is 6.90.